The molecule has 2 aromatic heterocycles. The number of thioether (sulfide) groups is 1. The third-order valence-corrected chi connectivity index (χ3v) is 6.69. The topological polar surface area (TPSA) is 35.0 Å². The highest BCUT2D eigenvalue weighted by Crippen LogP contribution is 2.42. The maximum Gasteiger partial charge on any atom is 0.162 e. The second kappa shape index (κ2) is 6.80. The number of rotatable bonds is 4. The van der Waals surface area contributed by atoms with Crippen LogP contribution in [0.5, 0.6) is 0 Å². The van der Waals surface area contributed by atoms with Crippen molar-refractivity contribution in [1.29, 1.82) is 0 Å². The normalized spacial score (nSPS) is 15.8. The van der Waals surface area contributed by atoms with Crippen molar-refractivity contribution >= 4 is 33.3 Å². The van der Waals surface area contributed by atoms with Crippen LogP contribution in [0.2, 0.25) is 0 Å². The fourth-order valence-corrected chi connectivity index (χ4v) is 5.19. The van der Waals surface area contributed by atoms with Gasteiger partial charge in [0.05, 0.1) is 12.2 Å². The molecule has 4 rings (SSSR count). The Balaban J connectivity index is 1.89. The molecule has 0 bridgehead atoms. The first-order valence-corrected chi connectivity index (χ1v) is 10.5. The first kappa shape index (κ1) is 17.7. The summed E-state index contributed by atoms with van der Waals surface area (Å²) in [6.45, 7) is 11.1. The Bertz CT molecular complexity index is 977. The van der Waals surface area contributed by atoms with Crippen molar-refractivity contribution in [2.75, 3.05) is 5.75 Å². The molecular formula is C21H22N2OS2. The molecule has 0 saturated carbocycles. The highest BCUT2D eigenvalue weighted by atomic mass is 32.2. The van der Waals surface area contributed by atoms with Crippen LogP contribution in [0.25, 0.3) is 21.6 Å². The first-order chi connectivity index (χ1) is 12.4. The Labute approximate surface area is 162 Å². The minimum Gasteiger partial charge on any atom is -0.370 e. The molecule has 1 aliphatic heterocycles. The Hall–Kier alpha value is -1.69. The van der Waals surface area contributed by atoms with E-state index < -0.39 is 0 Å². The number of aromatic nitrogens is 2. The van der Waals surface area contributed by atoms with Gasteiger partial charge in [-0.2, -0.15) is 0 Å². The molecule has 0 amide bonds. The Morgan fingerprint density at radius 1 is 1.27 bits per heavy atom. The van der Waals surface area contributed by atoms with Crippen molar-refractivity contribution in [3.05, 3.63) is 52.9 Å². The standard InChI is InChI=1S/C21H22N2OS2/c1-13(2)12-25-19-17-15-10-21(3,4)24-11-16(15)26-20(17)23-18(22-19)14-8-6-5-7-9-14/h5-9H,1,10-12H2,2-4H3. The molecule has 0 fully saturated rings. The summed E-state index contributed by atoms with van der Waals surface area (Å²) >= 11 is 3.51. The summed E-state index contributed by atoms with van der Waals surface area (Å²) in [5, 5.41) is 2.28. The van der Waals surface area contributed by atoms with E-state index in [-0.39, 0.29) is 5.60 Å². The molecule has 0 aliphatic carbocycles. The highest BCUT2D eigenvalue weighted by molar-refractivity contribution is 7.99. The fourth-order valence-electron chi connectivity index (χ4n) is 3.12. The van der Waals surface area contributed by atoms with E-state index in [4.69, 9.17) is 14.7 Å². The number of thiophene rings is 1. The van der Waals surface area contributed by atoms with E-state index in [9.17, 15) is 0 Å². The van der Waals surface area contributed by atoms with Crippen molar-refractivity contribution in [3.8, 4) is 11.4 Å². The van der Waals surface area contributed by atoms with E-state index in [0.29, 0.717) is 6.61 Å². The number of ether oxygens (including phenoxy) is 1. The minimum atomic E-state index is -0.143. The molecule has 0 N–H and O–H groups in total. The number of nitrogens with zero attached hydrogens (tertiary/aromatic N) is 2. The van der Waals surface area contributed by atoms with Crippen LogP contribution in [-0.2, 0) is 17.8 Å². The molecule has 0 atom stereocenters. The summed E-state index contributed by atoms with van der Waals surface area (Å²) in [5.41, 5.74) is 3.42. The second-order valence-corrected chi connectivity index (χ2v) is 9.42. The first-order valence-electron chi connectivity index (χ1n) is 8.72. The quantitative estimate of drug-likeness (QED) is 0.321. The average Bonchev–Trinajstić information content (AvgIpc) is 2.97. The SMILES string of the molecule is C=C(C)CSc1nc(-c2ccccc2)nc2sc3c(c12)CC(C)(C)OC3. The minimum absolute atomic E-state index is 0.143. The van der Waals surface area contributed by atoms with Gasteiger partial charge >= 0.3 is 0 Å². The van der Waals surface area contributed by atoms with Crippen LogP contribution < -0.4 is 0 Å². The van der Waals surface area contributed by atoms with E-state index in [2.05, 4.69) is 39.5 Å². The number of hydrogen-bond donors (Lipinski definition) is 0. The van der Waals surface area contributed by atoms with Gasteiger partial charge in [-0.3, -0.25) is 0 Å². The zero-order valence-electron chi connectivity index (χ0n) is 15.3. The predicted molar refractivity (Wildman–Crippen MR) is 111 cm³/mol. The molecule has 134 valence electrons. The lowest BCUT2D eigenvalue weighted by atomic mass is 9.94. The fraction of sp³-hybridized carbons (Fsp3) is 0.333. The molecule has 0 spiro atoms. The van der Waals surface area contributed by atoms with Gasteiger partial charge in [0.15, 0.2) is 5.82 Å². The zero-order valence-corrected chi connectivity index (χ0v) is 17.0. The summed E-state index contributed by atoms with van der Waals surface area (Å²) < 4.78 is 6.02. The van der Waals surface area contributed by atoms with Crippen molar-refractivity contribution in [2.24, 2.45) is 0 Å². The summed E-state index contributed by atoms with van der Waals surface area (Å²) in [7, 11) is 0. The van der Waals surface area contributed by atoms with Crippen LogP contribution in [0.4, 0.5) is 0 Å². The molecule has 3 aromatic rings. The summed E-state index contributed by atoms with van der Waals surface area (Å²) in [6, 6.07) is 10.2. The van der Waals surface area contributed by atoms with E-state index in [0.717, 1.165) is 39.0 Å². The zero-order chi connectivity index (χ0) is 18.3. The molecular weight excluding hydrogens is 360 g/mol. The molecule has 0 unspecified atom stereocenters. The van der Waals surface area contributed by atoms with Crippen LogP contribution in [0, 0.1) is 0 Å². The van der Waals surface area contributed by atoms with Crippen molar-refractivity contribution in [3.63, 3.8) is 0 Å². The highest BCUT2D eigenvalue weighted by Gasteiger charge is 2.31. The Morgan fingerprint density at radius 2 is 2.04 bits per heavy atom. The average molecular weight is 383 g/mol. The van der Waals surface area contributed by atoms with Gasteiger partial charge in [-0.15, -0.1) is 23.1 Å². The summed E-state index contributed by atoms with van der Waals surface area (Å²) in [6.07, 6.45) is 0.900. The molecule has 3 heterocycles. The van der Waals surface area contributed by atoms with Crippen LogP contribution in [-0.4, -0.2) is 21.3 Å². The number of benzene rings is 1. The maximum absolute atomic E-state index is 6.02. The van der Waals surface area contributed by atoms with Gasteiger partial charge in [0.1, 0.15) is 9.86 Å². The Morgan fingerprint density at radius 3 is 2.77 bits per heavy atom. The van der Waals surface area contributed by atoms with E-state index >= 15 is 0 Å². The second-order valence-electron chi connectivity index (χ2n) is 7.37. The van der Waals surface area contributed by atoms with Gasteiger partial charge in [-0.25, -0.2) is 9.97 Å². The van der Waals surface area contributed by atoms with Gasteiger partial charge in [0.25, 0.3) is 0 Å². The molecule has 5 heteroatoms. The van der Waals surface area contributed by atoms with Gasteiger partial charge in [-0.05, 0) is 26.3 Å². The third-order valence-electron chi connectivity index (χ3n) is 4.38. The molecule has 0 radical (unpaired) electrons. The van der Waals surface area contributed by atoms with Crippen molar-refractivity contribution in [1.82, 2.24) is 9.97 Å². The predicted octanol–water partition coefficient (Wildman–Crippen LogP) is 5.88. The van der Waals surface area contributed by atoms with Crippen LogP contribution in [0.15, 0.2) is 47.5 Å². The molecule has 0 saturated heterocycles. The lowest BCUT2D eigenvalue weighted by molar-refractivity contribution is -0.0379. The van der Waals surface area contributed by atoms with Crippen molar-refractivity contribution in [2.45, 2.75) is 44.4 Å². The van der Waals surface area contributed by atoms with Crippen LogP contribution in [0.3, 0.4) is 0 Å². The third kappa shape index (κ3) is 3.43. The lowest BCUT2D eigenvalue weighted by Gasteiger charge is -2.30. The number of hydrogen-bond acceptors (Lipinski definition) is 5. The van der Waals surface area contributed by atoms with E-state index in [1.54, 1.807) is 23.1 Å². The van der Waals surface area contributed by atoms with Crippen LogP contribution in [0.1, 0.15) is 31.2 Å². The maximum atomic E-state index is 6.02. The van der Waals surface area contributed by atoms with Gasteiger partial charge < -0.3 is 4.74 Å². The summed E-state index contributed by atoms with van der Waals surface area (Å²) in [5.74, 6) is 1.66. The molecule has 1 aromatic carbocycles. The van der Waals surface area contributed by atoms with Gasteiger partial charge in [0, 0.05) is 28.0 Å². The van der Waals surface area contributed by atoms with Gasteiger partial charge in [-0.1, -0.05) is 42.5 Å². The van der Waals surface area contributed by atoms with E-state index in [1.165, 1.54) is 15.8 Å². The number of fused-ring (bicyclic) bond motifs is 3. The lowest BCUT2D eigenvalue weighted by Crippen LogP contribution is -2.31. The van der Waals surface area contributed by atoms with Crippen molar-refractivity contribution < 1.29 is 4.74 Å². The summed E-state index contributed by atoms with van der Waals surface area (Å²) in [4.78, 5) is 12.2. The molecule has 1 aliphatic rings. The smallest absolute Gasteiger partial charge is 0.162 e. The monoisotopic (exact) mass is 382 g/mol. The molecule has 26 heavy (non-hydrogen) atoms. The largest absolute Gasteiger partial charge is 0.370 e. The van der Waals surface area contributed by atoms with E-state index in [1.807, 2.05) is 18.2 Å². The Kier molecular flexibility index (Phi) is 4.63. The molecule has 3 nitrogen and oxygen atoms in total. The van der Waals surface area contributed by atoms with Crippen LogP contribution >= 0.6 is 23.1 Å². The van der Waals surface area contributed by atoms with Gasteiger partial charge in [0.2, 0.25) is 0 Å².